The van der Waals surface area contributed by atoms with E-state index in [4.69, 9.17) is 19.9 Å². The smallest absolute Gasteiger partial charge is 0.340 e. The van der Waals surface area contributed by atoms with Gasteiger partial charge in [0.2, 0.25) is 5.88 Å². The van der Waals surface area contributed by atoms with Crippen molar-refractivity contribution in [2.45, 2.75) is 33.6 Å². The van der Waals surface area contributed by atoms with Crippen molar-refractivity contribution >= 4 is 11.9 Å². The summed E-state index contributed by atoms with van der Waals surface area (Å²) in [4.78, 5) is 25.0. The number of esters is 2. The van der Waals surface area contributed by atoms with Gasteiger partial charge in [0.15, 0.2) is 0 Å². The molecule has 134 valence electrons. The molecule has 1 aromatic rings. The highest BCUT2D eigenvalue weighted by molar-refractivity contribution is 5.99. The zero-order valence-corrected chi connectivity index (χ0v) is 14.9. The second kappa shape index (κ2) is 7.88. The summed E-state index contributed by atoms with van der Waals surface area (Å²) in [7, 11) is 0. The van der Waals surface area contributed by atoms with E-state index in [1.807, 2.05) is 31.2 Å². The third-order valence-corrected chi connectivity index (χ3v) is 3.85. The molecular weight excluding hydrogens is 322 g/mol. The molecule has 0 aromatic heterocycles. The normalized spacial score (nSPS) is 17.2. The third kappa shape index (κ3) is 3.84. The van der Waals surface area contributed by atoms with E-state index in [1.54, 1.807) is 20.8 Å². The Morgan fingerprint density at radius 1 is 1.08 bits per heavy atom. The highest BCUT2D eigenvalue weighted by Crippen LogP contribution is 2.40. The van der Waals surface area contributed by atoms with Crippen LogP contribution in [0.4, 0.5) is 0 Å². The number of rotatable bonds is 5. The van der Waals surface area contributed by atoms with Crippen LogP contribution in [-0.2, 0) is 23.8 Å². The maximum Gasteiger partial charge on any atom is 0.340 e. The molecule has 1 aliphatic heterocycles. The molecule has 0 unspecified atom stereocenters. The molecular formula is C19H23NO5. The number of aryl methyl sites for hydroxylation is 1. The summed E-state index contributed by atoms with van der Waals surface area (Å²) in [5.41, 5.74) is 8.08. The molecule has 1 aliphatic rings. The Bertz CT molecular complexity index is 708. The van der Waals surface area contributed by atoms with Crippen LogP contribution >= 0.6 is 0 Å². The van der Waals surface area contributed by atoms with Gasteiger partial charge < -0.3 is 19.9 Å². The predicted octanol–water partition coefficient (Wildman–Crippen LogP) is 2.68. The van der Waals surface area contributed by atoms with Crippen molar-refractivity contribution < 1.29 is 23.8 Å². The average molecular weight is 345 g/mol. The molecule has 1 heterocycles. The van der Waals surface area contributed by atoms with Gasteiger partial charge in [-0.3, -0.25) is 0 Å². The quantitative estimate of drug-likeness (QED) is 0.826. The Morgan fingerprint density at radius 3 is 2.24 bits per heavy atom. The van der Waals surface area contributed by atoms with Crippen molar-refractivity contribution in [3.05, 3.63) is 58.2 Å². The summed E-state index contributed by atoms with van der Waals surface area (Å²) in [5, 5.41) is 0. The molecule has 0 saturated heterocycles. The van der Waals surface area contributed by atoms with Crippen LogP contribution in [-0.4, -0.2) is 25.2 Å². The summed E-state index contributed by atoms with van der Waals surface area (Å²) < 4.78 is 15.8. The molecule has 25 heavy (non-hydrogen) atoms. The Labute approximate surface area is 147 Å². The zero-order chi connectivity index (χ0) is 18.6. The Balaban J connectivity index is 2.64. The summed E-state index contributed by atoms with van der Waals surface area (Å²) in [6, 6.07) is 7.52. The first-order valence-electron chi connectivity index (χ1n) is 8.19. The Kier molecular flexibility index (Phi) is 5.85. The molecule has 1 atom stereocenters. The first kappa shape index (κ1) is 18.6. The van der Waals surface area contributed by atoms with Gasteiger partial charge in [0.1, 0.15) is 11.3 Å². The number of ether oxygens (including phenoxy) is 3. The molecule has 0 aliphatic carbocycles. The second-order valence-corrected chi connectivity index (χ2v) is 5.64. The highest BCUT2D eigenvalue weighted by atomic mass is 16.5. The number of hydrogen-bond acceptors (Lipinski definition) is 6. The molecule has 2 N–H and O–H groups in total. The fourth-order valence-electron chi connectivity index (χ4n) is 2.85. The van der Waals surface area contributed by atoms with Crippen LogP contribution in [0, 0.1) is 6.92 Å². The topological polar surface area (TPSA) is 87.9 Å². The van der Waals surface area contributed by atoms with Gasteiger partial charge in [-0.25, -0.2) is 9.59 Å². The largest absolute Gasteiger partial charge is 0.463 e. The monoisotopic (exact) mass is 345 g/mol. The van der Waals surface area contributed by atoms with Crippen LogP contribution in [0.2, 0.25) is 0 Å². The summed E-state index contributed by atoms with van der Waals surface area (Å²) in [6.45, 7) is 7.38. The number of carbonyl (C=O) groups excluding carboxylic acids is 2. The summed E-state index contributed by atoms with van der Waals surface area (Å²) >= 11 is 0. The maximum absolute atomic E-state index is 12.5. The lowest BCUT2D eigenvalue weighted by Crippen LogP contribution is -2.30. The van der Waals surface area contributed by atoms with Crippen LogP contribution in [0.15, 0.2) is 47.1 Å². The minimum Gasteiger partial charge on any atom is -0.463 e. The molecule has 0 saturated carbocycles. The van der Waals surface area contributed by atoms with Crippen molar-refractivity contribution in [3.8, 4) is 0 Å². The lowest BCUT2D eigenvalue weighted by Gasteiger charge is -2.28. The second-order valence-electron chi connectivity index (χ2n) is 5.64. The van der Waals surface area contributed by atoms with Gasteiger partial charge in [-0.1, -0.05) is 29.8 Å². The molecule has 6 heteroatoms. The van der Waals surface area contributed by atoms with Gasteiger partial charge in [-0.05, 0) is 33.3 Å². The Morgan fingerprint density at radius 2 is 1.68 bits per heavy atom. The lowest BCUT2D eigenvalue weighted by molar-refractivity contribution is -0.140. The molecule has 0 amide bonds. The van der Waals surface area contributed by atoms with Crippen molar-refractivity contribution in [2.24, 2.45) is 5.73 Å². The van der Waals surface area contributed by atoms with E-state index in [1.165, 1.54) is 0 Å². The van der Waals surface area contributed by atoms with Crippen LogP contribution < -0.4 is 5.73 Å². The van der Waals surface area contributed by atoms with Gasteiger partial charge in [-0.15, -0.1) is 0 Å². The fraction of sp³-hybridized carbons (Fsp3) is 0.368. The standard InChI is InChI=1S/C19H23NO5/c1-5-23-18(21)14-12(4)25-17(20)16(19(22)24-6-2)15(14)13-9-7-8-11(3)10-13/h7-10,15H,5-6,20H2,1-4H3/t15-/m0/s1. The number of allylic oxidation sites excluding steroid dienone is 1. The number of hydrogen-bond donors (Lipinski definition) is 1. The summed E-state index contributed by atoms with van der Waals surface area (Å²) in [5.74, 6) is -1.60. The van der Waals surface area contributed by atoms with Gasteiger partial charge >= 0.3 is 11.9 Å². The zero-order valence-electron chi connectivity index (χ0n) is 14.9. The van der Waals surface area contributed by atoms with E-state index in [0.29, 0.717) is 5.76 Å². The number of benzene rings is 1. The number of carbonyl (C=O) groups is 2. The minimum absolute atomic E-state index is 0.0597. The van der Waals surface area contributed by atoms with Gasteiger partial charge in [-0.2, -0.15) is 0 Å². The Hall–Kier alpha value is -2.76. The molecule has 0 bridgehead atoms. The van der Waals surface area contributed by atoms with Crippen LogP contribution in [0.1, 0.15) is 37.8 Å². The van der Waals surface area contributed by atoms with Crippen molar-refractivity contribution in [2.75, 3.05) is 13.2 Å². The van der Waals surface area contributed by atoms with Gasteiger partial charge in [0, 0.05) is 0 Å². The maximum atomic E-state index is 12.5. The molecule has 2 rings (SSSR count). The van der Waals surface area contributed by atoms with E-state index >= 15 is 0 Å². The van der Waals surface area contributed by atoms with Crippen LogP contribution in [0.25, 0.3) is 0 Å². The van der Waals surface area contributed by atoms with Gasteiger partial charge in [0.05, 0.1) is 24.7 Å². The van der Waals surface area contributed by atoms with Crippen molar-refractivity contribution in [1.29, 1.82) is 0 Å². The molecule has 6 nitrogen and oxygen atoms in total. The summed E-state index contributed by atoms with van der Waals surface area (Å²) in [6.07, 6.45) is 0. The van der Waals surface area contributed by atoms with Crippen LogP contribution in [0.3, 0.4) is 0 Å². The lowest BCUT2D eigenvalue weighted by atomic mass is 9.82. The molecule has 0 spiro atoms. The fourth-order valence-corrected chi connectivity index (χ4v) is 2.85. The first-order chi connectivity index (χ1) is 11.9. The predicted molar refractivity (Wildman–Crippen MR) is 92.2 cm³/mol. The van der Waals surface area contributed by atoms with Gasteiger partial charge in [0.25, 0.3) is 0 Å². The van der Waals surface area contributed by atoms with E-state index in [0.717, 1.165) is 11.1 Å². The van der Waals surface area contributed by atoms with E-state index < -0.39 is 17.9 Å². The SMILES string of the molecule is CCOC(=O)C1=C(C)OC(N)=C(C(=O)OCC)[C@H]1c1cccc(C)c1. The molecule has 0 fully saturated rings. The van der Waals surface area contributed by atoms with Crippen LogP contribution in [0.5, 0.6) is 0 Å². The van der Waals surface area contributed by atoms with Crippen molar-refractivity contribution in [3.63, 3.8) is 0 Å². The number of nitrogens with two attached hydrogens (primary N) is 1. The third-order valence-electron chi connectivity index (χ3n) is 3.85. The minimum atomic E-state index is -0.702. The van der Waals surface area contributed by atoms with E-state index in [9.17, 15) is 9.59 Å². The molecule has 1 aromatic carbocycles. The van der Waals surface area contributed by atoms with E-state index in [-0.39, 0.29) is 30.2 Å². The highest BCUT2D eigenvalue weighted by Gasteiger charge is 2.39. The molecule has 0 radical (unpaired) electrons. The average Bonchev–Trinajstić information content (AvgIpc) is 2.54. The van der Waals surface area contributed by atoms with Crippen molar-refractivity contribution in [1.82, 2.24) is 0 Å². The first-order valence-corrected chi connectivity index (χ1v) is 8.19. The van der Waals surface area contributed by atoms with E-state index in [2.05, 4.69) is 0 Å².